The lowest BCUT2D eigenvalue weighted by Crippen LogP contribution is -2.48. The first-order valence-electron chi connectivity index (χ1n) is 10.4. The second-order valence-corrected chi connectivity index (χ2v) is 8.28. The number of halogens is 2. The molecule has 0 saturated carbocycles. The number of ether oxygens (including phenoxy) is 1. The largest absolute Gasteiger partial charge is 0.491 e. The average molecular weight is 434 g/mol. The maximum absolute atomic E-state index is 13.4. The number of hydrogen-bond donors (Lipinski definition) is 2. The Balaban J connectivity index is 1.74. The third-order valence-electron chi connectivity index (χ3n) is 5.00. The van der Waals surface area contributed by atoms with Gasteiger partial charge in [-0.15, -0.1) is 0 Å². The van der Waals surface area contributed by atoms with Crippen LogP contribution in [0.25, 0.3) is 0 Å². The highest BCUT2D eigenvalue weighted by Crippen LogP contribution is 2.21. The predicted octanol–water partition coefficient (Wildman–Crippen LogP) is 4.73. The average Bonchev–Trinajstić information content (AvgIpc) is 2.71. The first kappa shape index (κ1) is 22.4. The summed E-state index contributed by atoms with van der Waals surface area (Å²) in [5, 5.41) is 6.75. The van der Waals surface area contributed by atoms with E-state index in [4.69, 9.17) is 16.3 Å². The number of piperidine rings is 1. The zero-order chi connectivity index (χ0) is 21.5. The second-order valence-electron chi connectivity index (χ2n) is 7.88. The molecule has 7 heteroatoms. The molecule has 1 aliphatic heterocycles. The molecule has 162 valence electrons. The molecule has 0 bridgehead atoms. The van der Waals surface area contributed by atoms with Crippen LogP contribution in [0.3, 0.4) is 0 Å². The lowest BCUT2D eigenvalue weighted by molar-refractivity contribution is 0.185. The molecule has 1 heterocycles. The molecule has 0 spiro atoms. The van der Waals surface area contributed by atoms with Crippen molar-refractivity contribution in [3.05, 3.63) is 64.4 Å². The molecule has 5 nitrogen and oxygen atoms in total. The van der Waals surface area contributed by atoms with Crippen molar-refractivity contribution in [2.24, 2.45) is 0 Å². The fourth-order valence-corrected chi connectivity index (χ4v) is 3.68. The summed E-state index contributed by atoms with van der Waals surface area (Å²) >= 11 is 6.22. The maximum atomic E-state index is 13.4. The van der Waals surface area contributed by atoms with Crippen molar-refractivity contribution in [3.8, 4) is 5.75 Å². The first-order valence-corrected chi connectivity index (χ1v) is 10.7. The van der Waals surface area contributed by atoms with Crippen LogP contribution < -0.4 is 15.4 Å². The quantitative estimate of drug-likeness (QED) is 0.663. The fraction of sp³-hybridized carbons (Fsp3) is 0.435. The van der Waals surface area contributed by atoms with E-state index in [0.717, 1.165) is 37.2 Å². The Bertz CT molecular complexity index is 839. The van der Waals surface area contributed by atoms with Crippen LogP contribution in [-0.4, -0.2) is 36.2 Å². The molecule has 1 aliphatic rings. The minimum absolute atomic E-state index is 0.101. The summed E-state index contributed by atoms with van der Waals surface area (Å²) in [6.45, 7) is 6.45. The molecule has 0 radical (unpaired) electrons. The van der Waals surface area contributed by atoms with Crippen molar-refractivity contribution in [1.82, 2.24) is 15.5 Å². The van der Waals surface area contributed by atoms with Gasteiger partial charge < -0.3 is 20.3 Å². The van der Waals surface area contributed by atoms with E-state index < -0.39 is 5.82 Å². The number of nitrogens with one attached hydrogen (secondary N) is 2. The van der Waals surface area contributed by atoms with Crippen LogP contribution in [-0.2, 0) is 13.1 Å². The van der Waals surface area contributed by atoms with Gasteiger partial charge in [0.2, 0.25) is 0 Å². The van der Waals surface area contributed by atoms with E-state index in [2.05, 4.69) is 10.6 Å². The molecule has 0 aromatic heterocycles. The van der Waals surface area contributed by atoms with Gasteiger partial charge in [0.05, 0.1) is 6.10 Å². The van der Waals surface area contributed by atoms with Crippen molar-refractivity contribution < 1.29 is 13.9 Å². The molecule has 2 aromatic rings. The van der Waals surface area contributed by atoms with Crippen LogP contribution in [0.15, 0.2) is 42.5 Å². The molecule has 1 saturated heterocycles. The van der Waals surface area contributed by atoms with Crippen LogP contribution in [0.4, 0.5) is 9.18 Å². The van der Waals surface area contributed by atoms with Gasteiger partial charge in [0.25, 0.3) is 0 Å². The lowest BCUT2D eigenvalue weighted by Gasteiger charge is -2.29. The van der Waals surface area contributed by atoms with Gasteiger partial charge in [0, 0.05) is 24.2 Å². The number of urea groups is 1. The molecule has 3 rings (SSSR count). The fourth-order valence-electron chi connectivity index (χ4n) is 3.45. The number of nitrogens with zero attached hydrogens (tertiary/aromatic N) is 1. The molecule has 0 unspecified atom stereocenters. The second kappa shape index (κ2) is 10.6. The van der Waals surface area contributed by atoms with Crippen molar-refractivity contribution in [2.45, 2.75) is 51.9 Å². The summed E-state index contributed by atoms with van der Waals surface area (Å²) in [6.07, 6.45) is 1.90. The van der Waals surface area contributed by atoms with Gasteiger partial charge in [0.1, 0.15) is 11.6 Å². The van der Waals surface area contributed by atoms with Crippen molar-refractivity contribution in [2.75, 3.05) is 13.1 Å². The molecule has 2 amide bonds. The summed E-state index contributed by atoms with van der Waals surface area (Å²) in [5.74, 6) is 0.399. The molecule has 0 atom stereocenters. The zero-order valence-corrected chi connectivity index (χ0v) is 18.2. The first-order chi connectivity index (χ1) is 14.4. The van der Waals surface area contributed by atoms with Gasteiger partial charge in [-0.05, 0) is 75.2 Å². The molecule has 1 fully saturated rings. The highest BCUT2D eigenvalue weighted by atomic mass is 35.5. The Labute approximate surface area is 182 Å². The van der Waals surface area contributed by atoms with Gasteiger partial charge in [-0.2, -0.15) is 0 Å². The Kier molecular flexibility index (Phi) is 7.94. The number of rotatable bonds is 7. The Morgan fingerprint density at radius 1 is 1.20 bits per heavy atom. The van der Waals surface area contributed by atoms with E-state index in [9.17, 15) is 9.18 Å². The summed E-state index contributed by atoms with van der Waals surface area (Å²) in [6, 6.07) is 12.0. The normalized spacial score (nSPS) is 14.6. The van der Waals surface area contributed by atoms with Gasteiger partial charge in [-0.1, -0.05) is 29.8 Å². The van der Waals surface area contributed by atoms with E-state index in [0.29, 0.717) is 23.7 Å². The maximum Gasteiger partial charge on any atom is 0.318 e. The number of amides is 2. The van der Waals surface area contributed by atoms with Gasteiger partial charge >= 0.3 is 6.03 Å². The Hall–Kier alpha value is -2.31. The molecule has 2 N–H and O–H groups in total. The number of hydrogen-bond acceptors (Lipinski definition) is 3. The number of benzene rings is 2. The van der Waals surface area contributed by atoms with Crippen molar-refractivity contribution in [3.63, 3.8) is 0 Å². The monoisotopic (exact) mass is 433 g/mol. The summed E-state index contributed by atoms with van der Waals surface area (Å²) < 4.78 is 19.1. The Morgan fingerprint density at radius 3 is 2.53 bits per heavy atom. The van der Waals surface area contributed by atoms with Gasteiger partial charge in [-0.3, -0.25) is 0 Å². The van der Waals surface area contributed by atoms with Crippen LogP contribution in [0.1, 0.15) is 37.8 Å². The topological polar surface area (TPSA) is 53.6 Å². The van der Waals surface area contributed by atoms with Crippen LogP contribution in [0.5, 0.6) is 5.75 Å². The summed E-state index contributed by atoms with van der Waals surface area (Å²) in [7, 11) is 0. The van der Waals surface area contributed by atoms with E-state index >= 15 is 0 Å². The molecule has 0 aliphatic carbocycles. The highest BCUT2D eigenvalue weighted by Gasteiger charge is 2.21. The minimum Gasteiger partial charge on any atom is -0.491 e. The molecular formula is C23H29ClFN3O2. The van der Waals surface area contributed by atoms with E-state index in [-0.39, 0.29) is 18.2 Å². The van der Waals surface area contributed by atoms with Crippen LogP contribution >= 0.6 is 11.6 Å². The summed E-state index contributed by atoms with van der Waals surface area (Å²) in [5.41, 5.74) is 1.68. The standard InChI is InChI=1S/C23H29ClFN3O2/c1-16(2)30-21-7-3-17(4-8-21)14-28(15-18-5-6-19(25)13-22(18)24)23(29)27-20-9-11-26-12-10-20/h3-8,13,16,20,26H,9-12,14-15H2,1-2H3,(H,27,29). The van der Waals surface area contributed by atoms with Crippen molar-refractivity contribution >= 4 is 17.6 Å². The zero-order valence-electron chi connectivity index (χ0n) is 17.5. The Morgan fingerprint density at radius 2 is 1.90 bits per heavy atom. The predicted molar refractivity (Wildman–Crippen MR) is 117 cm³/mol. The smallest absolute Gasteiger partial charge is 0.318 e. The lowest BCUT2D eigenvalue weighted by atomic mass is 10.1. The minimum atomic E-state index is -0.393. The third-order valence-corrected chi connectivity index (χ3v) is 5.35. The van der Waals surface area contributed by atoms with Gasteiger partial charge in [0.15, 0.2) is 0 Å². The third kappa shape index (κ3) is 6.61. The summed E-state index contributed by atoms with van der Waals surface area (Å²) in [4.78, 5) is 14.8. The van der Waals surface area contributed by atoms with Crippen LogP contribution in [0, 0.1) is 5.82 Å². The molecule has 2 aromatic carbocycles. The molecule has 30 heavy (non-hydrogen) atoms. The SMILES string of the molecule is CC(C)Oc1ccc(CN(Cc2ccc(F)cc2Cl)C(=O)NC2CCNCC2)cc1. The van der Waals surface area contributed by atoms with Crippen LogP contribution in [0.2, 0.25) is 5.02 Å². The van der Waals surface area contributed by atoms with E-state index in [1.54, 1.807) is 11.0 Å². The van der Waals surface area contributed by atoms with E-state index in [1.165, 1.54) is 12.1 Å². The van der Waals surface area contributed by atoms with Crippen molar-refractivity contribution in [1.29, 1.82) is 0 Å². The number of carbonyl (C=O) groups excluding carboxylic acids is 1. The number of carbonyl (C=O) groups is 1. The van der Waals surface area contributed by atoms with E-state index in [1.807, 2.05) is 38.1 Å². The highest BCUT2D eigenvalue weighted by molar-refractivity contribution is 6.31. The molecular weight excluding hydrogens is 405 g/mol. The van der Waals surface area contributed by atoms with Gasteiger partial charge in [-0.25, -0.2) is 9.18 Å².